The molecule has 4 aromatic rings. The molecule has 0 atom stereocenters. The Morgan fingerprint density at radius 1 is 0.923 bits per heavy atom. The van der Waals surface area contributed by atoms with E-state index in [0.29, 0.717) is 0 Å². The first-order chi connectivity index (χ1) is 12.9. The van der Waals surface area contributed by atoms with Crippen LogP contribution >= 0.6 is 0 Å². The molecular weight excluding hydrogens is 320 g/mol. The Bertz CT molecular complexity index is 1130. The number of pyridine rings is 1. The second-order valence-electron chi connectivity index (χ2n) is 6.73. The van der Waals surface area contributed by atoms with E-state index in [9.17, 15) is 0 Å². The third-order valence-corrected chi connectivity index (χ3v) is 5.31. The van der Waals surface area contributed by atoms with E-state index in [1.807, 2.05) is 18.2 Å². The van der Waals surface area contributed by atoms with Crippen LogP contribution in [0.3, 0.4) is 0 Å². The molecule has 1 aliphatic heterocycles. The number of hydrogen-bond acceptors (Lipinski definition) is 3. The van der Waals surface area contributed by atoms with E-state index in [2.05, 4.69) is 47.8 Å². The lowest BCUT2D eigenvalue weighted by Gasteiger charge is -2.23. The molecule has 0 radical (unpaired) electrons. The fraction of sp³-hybridized carbons (Fsp3) is 0.174. The minimum absolute atomic E-state index is 0.842. The van der Waals surface area contributed by atoms with Crippen LogP contribution < -0.4 is 10.1 Å². The van der Waals surface area contributed by atoms with Crippen LogP contribution in [0.1, 0.15) is 11.1 Å². The van der Waals surface area contributed by atoms with Crippen molar-refractivity contribution in [2.75, 3.05) is 13.7 Å². The third-order valence-electron chi connectivity index (χ3n) is 5.31. The molecule has 1 N–H and O–H groups in total. The van der Waals surface area contributed by atoms with Crippen molar-refractivity contribution in [3.05, 3.63) is 71.8 Å². The third kappa shape index (κ3) is 2.28. The number of para-hydroxylation sites is 1. The molecule has 5 rings (SSSR count). The fourth-order valence-electron chi connectivity index (χ4n) is 4.11. The number of benzene rings is 3. The molecule has 0 spiro atoms. The van der Waals surface area contributed by atoms with Crippen LogP contribution in [0, 0.1) is 0 Å². The van der Waals surface area contributed by atoms with Gasteiger partial charge in [0.05, 0.1) is 18.3 Å². The van der Waals surface area contributed by atoms with Crippen molar-refractivity contribution in [1.82, 2.24) is 10.3 Å². The molecule has 26 heavy (non-hydrogen) atoms. The topological polar surface area (TPSA) is 34.1 Å². The summed E-state index contributed by atoms with van der Waals surface area (Å²) in [6, 6.07) is 21.1. The predicted octanol–water partition coefficient (Wildman–Crippen LogP) is 4.71. The smallest absolute Gasteiger partial charge is 0.128 e. The van der Waals surface area contributed by atoms with Crippen molar-refractivity contribution in [1.29, 1.82) is 0 Å². The summed E-state index contributed by atoms with van der Waals surface area (Å²) in [5.41, 5.74) is 5.87. The number of methoxy groups -OCH3 is 1. The molecule has 0 amide bonds. The zero-order chi connectivity index (χ0) is 17.5. The van der Waals surface area contributed by atoms with Crippen molar-refractivity contribution < 1.29 is 4.74 Å². The van der Waals surface area contributed by atoms with Crippen LogP contribution in [0.2, 0.25) is 0 Å². The number of aromatic nitrogens is 1. The van der Waals surface area contributed by atoms with Gasteiger partial charge in [0.2, 0.25) is 0 Å². The summed E-state index contributed by atoms with van der Waals surface area (Å²) in [6.45, 7) is 1.84. The van der Waals surface area contributed by atoms with Gasteiger partial charge in [-0.3, -0.25) is 0 Å². The lowest BCUT2D eigenvalue weighted by molar-refractivity contribution is 0.416. The number of hydrogen-bond donors (Lipinski definition) is 1. The Hall–Kier alpha value is -2.91. The normalized spacial score (nSPS) is 13.7. The van der Waals surface area contributed by atoms with Crippen molar-refractivity contribution >= 4 is 21.7 Å². The number of rotatable bonds is 2. The molecule has 2 heterocycles. The molecule has 3 heteroatoms. The standard InChI is InChI=1S/C23H20N2O/c1-26-21-9-5-4-8-18(21)23-19-14-24-13-12-17(19)22-16-7-3-2-6-15(16)10-11-20(22)25-23/h2-11,24H,12-14H2,1H3. The van der Waals surface area contributed by atoms with Gasteiger partial charge < -0.3 is 10.1 Å². The molecule has 0 saturated heterocycles. The number of ether oxygens (including phenoxy) is 1. The van der Waals surface area contributed by atoms with Gasteiger partial charge in [0.15, 0.2) is 0 Å². The number of nitrogens with one attached hydrogen (secondary N) is 1. The van der Waals surface area contributed by atoms with Crippen LogP contribution in [0.5, 0.6) is 5.75 Å². The molecule has 0 bridgehead atoms. The van der Waals surface area contributed by atoms with Crippen LogP contribution in [0.4, 0.5) is 0 Å². The first-order valence-corrected chi connectivity index (χ1v) is 9.04. The average Bonchev–Trinajstić information content (AvgIpc) is 2.72. The summed E-state index contributed by atoms with van der Waals surface area (Å²) in [5, 5.41) is 7.39. The second-order valence-corrected chi connectivity index (χ2v) is 6.73. The van der Waals surface area contributed by atoms with Crippen molar-refractivity contribution in [3.8, 4) is 17.0 Å². The van der Waals surface area contributed by atoms with E-state index in [1.54, 1.807) is 7.11 Å². The van der Waals surface area contributed by atoms with Crippen molar-refractivity contribution in [2.45, 2.75) is 13.0 Å². The lowest BCUT2D eigenvalue weighted by atomic mass is 9.90. The highest BCUT2D eigenvalue weighted by Gasteiger charge is 2.21. The summed E-state index contributed by atoms with van der Waals surface area (Å²) < 4.78 is 5.61. The van der Waals surface area contributed by atoms with Gasteiger partial charge >= 0.3 is 0 Å². The molecule has 0 aliphatic carbocycles. The summed E-state index contributed by atoms with van der Waals surface area (Å²) in [5.74, 6) is 0.868. The Morgan fingerprint density at radius 3 is 2.69 bits per heavy atom. The van der Waals surface area contributed by atoms with Crippen LogP contribution in [0.25, 0.3) is 32.9 Å². The maximum atomic E-state index is 5.61. The molecular formula is C23H20N2O. The van der Waals surface area contributed by atoms with E-state index >= 15 is 0 Å². The number of fused-ring (bicyclic) bond motifs is 5. The highest BCUT2D eigenvalue weighted by Crippen LogP contribution is 2.38. The Kier molecular flexibility index (Phi) is 3.61. The maximum absolute atomic E-state index is 5.61. The zero-order valence-electron chi connectivity index (χ0n) is 14.8. The molecule has 3 aromatic carbocycles. The van der Waals surface area contributed by atoms with Gasteiger partial charge in [-0.15, -0.1) is 0 Å². The van der Waals surface area contributed by atoms with Gasteiger partial charge in [0.25, 0.3) is 0 Å². The molecule has 3 nitrogen and oxygen atoms in total. The predicted molar refractivity (Wildman–Crippen MR) is 107 cm³/mol. The molecule has 1 aromatic heterocycles. The molecule has 0 fully saturated rings. The first-order valence-electron chi connectivity index (χ1n) is 9.04. The second kappa shape index (κ2) is 6.11. The minimum atomic E-state index is 0.842. The largest absolute Gasteiger partial charge is 0.496 e. The number of nitrogens with zero attached hydrogens (tertiary/aromatic N) is 1. The Labute approximate surface area is 152 Å². The molecule has 0 saturated carbocycles. The Balaban J connectivity index is 1.91. The van der Waals surface area contributed by atoms with E-state index in [4.69, 9.17) is 9.72 Å². The van der Waals surface area contributed by atoms with E-state index in [0.717, 1.165) is 42.0 Å². The quantitative estimate of drug-likeness (QED) is 0.537. The molecule has 128 valence electrons. The van der Waals surface area contributed by atoms with Gasteiger partial charge in [-0.25, -0.2) is 4.98 Å². The molecule has 0 unspecified atom stereocenters. The summed E-state index contributed by atoms with van der Waals surface area (Å²) in [7, 11) is 1.72. The van der Waals surface area contributed by atoms with Crippen LogP contribution in [-0.4, -0.2) is 18.6 Å². The van der Waals surface area contributed by atoms with Crippen LogP contribution in [-0.2, 0) is 13.0 Å². The van der Waals surface area contributed by atoms with E-state index in [1.165, 1.54) is 27.3 Å². The average molecular weight is 340 g/mol. The van der Waals surface area contributed by atoms with Crippen LogP contribution in [0.15, 0.2) is 60.7 Å². The fourth-order valence-corrected chi connectivity index (χ4v) is 4.11. The SMILES string of the molecule is COc1ccccc1-c1nc2ccc3ccccc3c2c2c1CNCC2. The van der Waals surface area contributed by atoms with Crippen molar-refractivity contribution in [2.24, 2.45) is 0 Å². The Morgan fingerprint density at radius 2 is 1.77 bits per heavy atom. The van der Waals surface area contributed by atoms with Gasteiger partial charge in [-0.1, -0.05) is 42.5 Å². The van der Waals surface area contributed by atoms with Gasteiger partial charge in [0.1, 0.15) is 5.75 Å². The highest BCUT2D eigenvalue weighted by atomic mass is 16.5. The summed E-state index contributed by atoms with van der Waals surface area (Å²) >= 11 is 0. The van der Waals surface area contributed by atoms with E-state index in [-0.39, 0.29) is 0 Å². The summed E-state index contributed by atoms with van der Waals surface area (Å²) in [4.78, 5) is 5.10. The van der Waals surface area contributed by atoms with E-state index < -0.39 is 0 Å². The monoisotopic (exact) mass is 340 g/mol. The first kappa shape index (κ1) is 15.4. The van der Waals surface area contributed by atoms with Gasteiger partial charge in [-0.05, 0) is 53.1 Å². The molecule has 1 aliphatic rings. The highest BCUT2D eigenvalue weighted by molar-refractivity contribution is 6.09. The zero-order valence-corrected chi connectivity index (χ0v) is 14.8. The summed E-state index contributed by atoms with van der Waals surface area (Å²) in [6.07, 6.45) is 1.02. The maximum Gasteiger partial charge on any atom is 0.128 e. The lowest BCUT2D eigenvalue weighted by Crippen LogP contribution is -2.25. The van der Waals surface area contributed by atoms with Crippen molar-refractivity contribution in [3.63, 3.8) is 0 Å². The van der Waals surface area contributed by atoms with Gasteiger partial charge in [0, 0.05) is 17.5 Å². The minimum Gasteiger partial charge on any atom is -0.496 e. The van der Waals surface area contributed by atoms with Gasteiger partial charge in [-0.2, -0.15) is 0 Å².